The maximum absolute atomic E-state index is 12.3. The Balaban J connectivity index is 4.57. The molecule has 0 aliphatic heterocycles. The van der Waals surface area contributed by atoms with Crippen molar-refractivity contribution in [1.29, 1.82) is 0 Å². The van der Waals surface area contributed by atoms with Crippen LogP contribution < -0.4 is 0 Å². The molecule has 0 aromatic rings. The van der Waals surface area contributed by atoms with Crippen molar-refractivity contribution in [1.82, 2.24) is 4.90 Å². The molecule has 0 aromatic carbocycles. The molecular weight excluding hydrogens is 198 g/mol. The molecule has 16 heavy (non-hydrogen) atoms. The summed E-state index contributed by atoms with van der Waals surface area (Å²) in [4.78, 5) is 14.4. The number of carbonyl (C=O) groups excluding carboxylic acids is 1. The van der Waals surface area contributed by atoms with Gasteiger partial charge in [-0.15, -0.1) is 0 Å². The minimum absolute atomic E-state index is 0.191. The monoisotopic (exact) mass is 227 g/mol. The van der Waals surface area contributed by atoms with Crippen molar-refractivity contribution in [3.8, 4) is 0 Å². The Hall–Kier alpha value is -0.530. The average molecular weight is 227 g/mol. The first-order chi connectivity index (χ1) is 7.35. The zero-order valence-corrected chi connectivity index (χ0v) is 12.0. The number of hydrogen-bond donors (Lipinski definition) is 0. The topological polar surface area (TPSA) is 20.3 Å². The van der Waals surface area contributed by atoms with Crippen LogP contribution in [0.3, 0.4) is 0 Å². The molecule has 0 radical (unpaired) electrons. The van der Waals surface area contributed by atoms with Gasteiger partial charge >= 0.3 is 0 Å². The fourth-order valence-electron chi connectivity index (χ4n) is 2.01. The molecule has 96 valence electrons. The van der Waals surface area contributed by atoms with Gasteiger partial charge in [-0.2, -0.15) is 0 Å². The van der Waals surface area contributed by atoms with Gasteiger partial charge in [0.15, 0.2) is 0 Å². The molecule has 1 amide bonds. The van der Waals surface area contributed by atoms with Crippen molar-refractivity contribution in [2.24, 2.45) is 11.3 Å². The summed E-state index contributed by atoms with van der Waals surface area (Å²) in [6, 6.07) is 0. The molecule has 0 N–H and O–H groups in total. The lowest BCUT2D eigenvalue weighted by molar-refractivity contribution is -0.137. The Labute approximate surface area is 101 Å². The van der Waals surface area contributed by atoms with E-state index in [1.807, 2.05) is 0 Å². The maximum atomic E-state index is 12.3. The number of amides is 1. The predicted octanol–water partition coefficient (Wildman–Crippen LogP) is 3.71. The highest BCUT2D eigenvalue weighted by molar-refractivity contribution is 5.78. The fourth-order valence-corrected chi connectivity index (χ4v) is 2.01. The largest absolute Gasteiger partial charge is 0.342 e. The summed E-state index contributed by atoms with van der Waals surface area (Å²) < 4.78 is 0. The number of hydrogen-bond acceptors (Lipinski definition) is 1. The van der Waals surface area contributed by atoms with Crippen LogP contribution in [0.2, 0.25) is 0 Å². The molecule has 0 saturated carbocycles. The third kappa shape index (κ3) is 5.53. The minimum Gasteiger partial charge on any atom is -0.342 e. The van der Waals surface area contributed by atoms with Crippen molar-refractivity contribution >= 4 is 5.91 Å². The number of nitrogens with zero attached hydrogens (tertiary/aromatic N) is 1. The van der Waals surface area contributed by atoms with Gasteiger partial charge in [0.1, 0.15) is 0 Å². The van der Waals surface area contributed by atoms with Gasteiger partial charge in [0, 0.05) is 19.0 Å². The van der Waals surface area contributed by atoms with Crippen LogP contribution in [0.4, 0.5) is 0 Å². The van der Waals surface area contributed by atoms with E-state index in [1.54, 1.807) is 0 Å². The van der Waals surface area contributed by atoms with Crippen LogP contribution in [-0.4, -0.2) is 23.9 Å². The van der Waals surface area contributed by atoms with Crippen molar-refractivity contribution < 1.29 is 4.79 Å². The van der Waals surface area contributed by atoms with Crippen LogP contribution in [0.5, 0.6) is 0 Å². The molecule has 0 aromatic heterocycles. The van der Waals surface area contributed by atoms with E-state index < -0.39 is 0 Å². The van der Waals surface area contributed by atoms with E-state index in [0.717, 1.165) is 32.4 Å². The Morgan fingerprint density at radius 3 is 1.94 bits per heavy atom. The van der Waals surface area contributed by atoms with Crippen LogP contribution in [0.1, 0.15) is 60.8 Å². The molecule has 0 spiro atoms. The SMILES string of the molecule is CCCN(CC(C)(C)C)C(=O)C(CC)CC. The normalized spacial score (nSPS) is 11.9. The van der Waals surface area contributed by atoms with Crippen molar-refractivity contribution in [2.45, 2.75) is 60.8 Å². The molecule has 0 fully saturated rings. The minimum atomic E-state index is 0.191. The molecule has 0 aliphatic carbocycles. The summed E-state index contributed by atoms with van der Waals surface area (Å²) in [5.74, 6) is 0.565. The smallest absolute Gasteiger partial charge is 0.225 e. The molecule has 0 unspecified atom stereocenters. The second-order valence-corrected chi connectivity index (χ2v) is 5.83. The molecule has 0 aliphatic rings. The van der Waals surface area contributed by atoms with Gasteiger partial charge < -0.3 is 4.90 Å². The molecular formula is C14H29NO. The quantitative estimate of drug-likeness (QED) is 0.677. The fraction of sp³-hybridized carbons (Fsp3) is 0.929. The number of rotatable bonds is 6. The zero-order chi connectivity index (χ0) is 12.8. The standard InChI is InChI=1S/C14H29NO/c1-7-10-15(11-14(4,5)6)13(16)12(8-2)9-3/h12H,7-11H2,1-6H3. The summed E-state index contributed by atoms with van der Waals surface area (Å²) in [6.07, 6.45) is 2.96. The Kier molecular flexibility index (Phi) is 6.70. The lowest BCUT2D eigenvalue weighted by Crippen LogP contribution is -2.41. The van der Waals surface area contributed by atoms with Crippen molar-refractivity contribution in [3.63, 3.8) is 0 Å². The summed E-state index contributed by atoms with van der Waals surface area (Å²) in [5, 5.41) is 0. The van der Waals surface area contributed by atoms with Gasteiger partial charge in [0.2, 0.25) is 5.91 Å². The van der Waals surface area contributed by atoms with E-state index in [2.05, 4.69) is 46.4 Å². The van der Waals surface area contributed by atoms with Gasteiger partial charge in [-0.3, -0.25) is 4.79 Å². The Bertz CT molecular complexity index is 201. The van der Waals surface area contributed by atoms with Crippen molar-refractivity contribution in [2.75, 3.05) is 13.1 Å². The van der Waals surface area contributed by atoms with Gasteiger partial charge in [-0.1, -0.05) is 41.5 Å². The lowest BCUT2D eigenvalue weighted by Gasteiger charge is -2.32. The van der Waals surface area contributed by atoms with Gasteiger partial charge in [-0.25, -0.2) is 0 Å². The first-order valence-electron chi connectivity index (χ1n) is 6.64. The third-order valence-corrected chi connectivity index (χ3v) is 2.81. The van der Waals surface area contributed by atoms with Crippen LogP contribution >= 0.6 is 0 Å². The van der Waals surface area contributed by atoms with Gasteiger partial charge in [0.05, 0.1) is 0 Å². The third-order valence-electron chi connectivity index (χ3n) is 2.81. The second-order valence-electron chi connectivity index (χ2n) is 5.83. The first kappa shape index (κ1) is 15.5. The van der Waals surface area contributed by atoms with E-state index in [9.17, 15) is 4.79 Å². The average Bonchev–Trinajstić information content (AvgIpc) is 2.17. The zero-order valence-electron chi connectivity index (χ0n) is 12.0. The highest BCUT2D eigenvalue weighted by atomic mass is 16.2. The molecule has 2 heteroatoms. The molecule has 0 atom stereocenters. The predicted molar refractivity (Wildman–Crippen MR) is 70.4 cm³/mol. The Morgan fingerprint density at radius 1 is 1.12 bits per heavy atom. The van der Waals surface area contributed by atoms with E-state index >= 15 is 0 Å². The van der Waals surface area contributed by atoms with Crippen LogP contribution in [0, 0.1) is 11.3 Å². The number of carbonyl (C=O) groups is 1. The van der Waals surface area contributed by atoms with E-state index in [1.165, 1.54) is 0 Å². The maximum Gasteiger partial charge on any atom is 0.225 e. The van der Waals surface area contributed by atoms with E-state index in [0.29, 0.717) is 5.91 Å². The summed E-state index contributed by atoms with van der Waals surface area (Å²) in [7, 11) is 0. The summed E-state index contributed by atoms with van der Waals surface area (Å²) in [6.45, 7) is 14.7. The highest BCUT2D eigenvalue weighted by Crippen LogP contribution is 2.19. The van der Waals surface area contributed by atoms with Crippen molar-refractivity contribution in [3.05, 3.63) is 0 Å². The van der Waals surface area contributed by atoms with Gasteiger partial charge in [-0.05, 0) is 24.7 Å². The lowest BCUT2D eigenvalue weighted by atomic mass is 9.94. The highest BCUT2D eigenvalue weighted by Gasteiger charge is 2.24. The van der Waals surface area contributed by atoms with Gasteiger partial charge in [0.25, 0.3) is 0 Å². The first-order valence-corrected chi connectivity index (χ1v) is 6.64. The molecule has 0 rings (SSSR count). The van der Waals surface area contributed by atoms with Crippen LogP contribution in [0.25, 0.3) is 0 Å². The molecule has 2 nitrogen and oxygen atoms in total. The summed E-state index contributed by atoms with van der Waals surface area (Å²) >= 11 is 0. The van der Waals surface area contributed by atoms with Crippen LogP contribution in [-0.2, 0) is 4.79 Å². The Morgan fingerprint density at radius 2 is 1.62 bits per heavy atom. The second kappa shape index (κ2) is 6.93. The van der Waals surface area contributed by atoms with E-state index in [-0.39, 0.29) is 11.3 Å². The van der Waals surface area contributed by atoms with Crippen LogP contribution in [0.15, 0.2) is 0 Å². The molecule has 0 heterocycles. The summed E-state index contributed by atoms with van der Waals surface area (Å²) in [5.41, 5.74) is 0.191. The molecule has 0 saturated heterocycles. The molecule has 0 bridgehead atoms. The van der Waals surface area contributed by atoms with E-state index in [4.69, 9.17) is 0 Å².